The highest BCUT2D eigenvalue weighted by Crippen LogP contribution is 2.43. The third-order valence-corrected chi connectivity index (χ3v) is 3.06. The van der Waals surface area contributed by atoms with Gasteiger partial charge in [0.25, 0.3) is 0 Å². The zero-order valence-electron chi connectivity index (χ0n) is 8.93. The molecule has 2 heteroatoms. The summed E-state index contributed by atoms with van der Waals surface area (Å²) in [5.74, 6) is 0.531. The van der Waals surface area contributed by atoms with Crippen LogP contribution in [0.25, 0.3) is 0 Å². The molecule has 0 radical (unpaired) electrons. The minimum absolute atomic E-state index is 0.0724. The Morgan fingerprint density at radius 3 is 2.62 bits per heavy atom. The Balaban J connectivity index is 2.05. The number of rotatable bonds is 0. The van der Waals surface area contributed by atoms with Crippen molar-refractivity contribution in [2.24, 2.45) is 5.92 Å². The fraction of sp³-hybridized carbons (Fsp3) is 1.00. The molecule has 0 N–H and O–H groups in total. The predicted molar refractivity (Wildman–Crippen MR) is 51.5 cm³/mol. The van der Waals surface area contributed by atoms with Gasteiger partial charge in [0.1, 0.15) is 0 Å². The summed E-state index contributed by atoms with van der Waals surface area (Å²) in [7, 11) is 0. The molecule has 2 fully saturated rings. The molecule has 76 valence electrons. The summed E-state index contributed by atoms with van der Waals surface area (Å²) < 4.78 is 11.9. The van der Waals surface area contributed by atoms with Crippen LogP contribution in [0.4, 0.5) is 0 Å². The Hall–Kier alpha value is -0.0800. The van der Waals surface area contributed by atoms with Gasteiger partial charge in [-0.2, -0.15) is 0 Å². The van der Waals surface area contributed by atoms with Crippen LogP contribution in [0.1, 0.15) is 46.5 Å². The molecule has 1 spiro atoms. The van der Waals surface area contributed by atoms with Crippen molar-refractivity contribution in [2.75, 3.05) is 6.61 Å². The van der Waals surface area contributed by atoms with E-state index in [1.54, 1.807) is 0 Å². The number of ether oxygens (including phenoxy) is 2. The minimum atomic E-state index is -0.221. The number of hydrogen-bond acceptors (Lipinski definition) is 2. The Bertz CT molecular complexity index is 200. The number of hydrogen-bond donors (Lipinski definition) is 0. The molecule has 2 nitrogen and oxygen atoms in total. The lowest BCUT2D eigenvalue weighted by Gasteiger charge is -2.36. The van der Waals surface area contributed by atoms with Gasteiger partial charge in [-0.25, -0.2) is 0 Å². The maximum absolute atomic E-state index is 6.03. The largest absolute Gasteiger partial charge is 0.347 e. The van der Waals surface area contributed by atoms with Gasteiger partial charge in [0.05, 0.1) is 12.2 Å². The monoisotopic (exact) mass is 184 g/mol. The van der Waals surface area contributed by atoms with Crippen molar-refractivity contribution < 1.29 is 9.47 Å². The van der Waals surface area contributed by atoms with Crippen LogP contribution in [0, 0.1) is 5.92 Å². The van der Waals surface area contributed by atoms with Crippen LogP contribution >= 0.6 is 0 Å². The maximum Gasteiger partial charge on any atom is 0.169 e. The van der Waals surface area contributed by atoms with Crippen molar-refractivity contribution in [2.45, 2.75) is 57.8 Å². The van der Waals surface area contributed by atoms with E-state index < -0.39 is 0 Å². The zero-order chi connectivity index (χ0) is 9.53. The van der Waals surface area contributed by atoms with Crippen LogP contribution in [-0.4, -0.2) is 18.0 Å². The molecule has 1 aliphatic heterocycles. The average molecular weight is 184 g/mol. The molecular formula is C11H20O2. The Kier molecular flexibility index (Phi) is 2.16. The van der Waals surface area contributed by atoms with Crippen LogP contribution in [0.3, 0.4) is 0 Å². The molecule has 2 rings (SSSR count). The first-order chi connectivity index (χ1) is 6.02. The van der Waals surface area contributed by atoms with Crippen LogP contribution < -0.4 is 0 Å². The van der Waals surface area contributed by atoms with Crippen molar-refractivity contribution >= 4 is 0 Å². The summed E-state index contributed by atoms with van der Waals surface area (Å²) in [6.45, 7) is 7.26. The lowest BCUT2D eigenvalue weighted by molar-refractivity contribution is -0.207. The van der Waals surface area contributed by atoms with Gasteiger partial charge < -0.3 is 9.47 Å². The van der Waals surface area contributed by atoms with E-state index in [-0.39, 0.29) is 11.4 Å². The molecule has 0 bridgehead atoms. The van der Waals surface area contributed by atoms with Crippen molar-refractivity contribution in [1.82, 2.24) is 0 Å². The van der Waals surface area contributed by atoms with Gasteiger partial charge in [0, 0.05) is 12.8 Å². The summed E-state index contributed by atoms with van der Waals surface area (Å²) >= 11 is 0. The second-order valence-corrected chi connectivity index (χ2v) is 5.26. The molecule has 0 amide bonds. The summed E-state index contributed by atoms with van der Waals surface area (Å²) in [4.78, 5) is 0. The van der Waals surface area contributed by atoms with Gasteiger partial charge in [-0.15, -0.1) is 0 Å². The van der Waals surface area contributed by atoms with Crippen molar-refractivity contribution in [3.05, 3.63) is 0 Å². The fourth-order valence-electron chi connectivity index (χ4n) is 2.55. The van der Waals surface area contributed by atoms with Crippen LogP contribution in [0.2, 0.25) is 0 Å². The highest BCUT2D eigenvalue weighted by molar-refractivity contribution is 4.88. The first-order valence-electron chi connectivity index (χ1n) is 5.36. The Labute approximate surface area is 80.6 Å². The van der Waals surface area contributed by atoms with Gasteiger partial charge in [-0.05, 0) is 26.2 Å². The summed E-state index contributed by atoms with van der Waals surface area (Å²) in [5.41, 5.74) is -0.0724. The quantitative estimate of drug-likeness (QED) is 0.576. The van der Waals surface area contributed by atoms with Gasteiger partial charge in [-0.3, -0.25) is 0 Å². The molecule has 1 saturated carbocycles. The lowest BCUT2D eigenvalue weighted by atomic mass is 9.86. The second-order valence-electron chi connectivity index (χ2n) is 5.26. The second kappa shape index (κ2) is 2.96. The summed E-state index contributed by atoms with van der Waals surface area (Å²) in [5, 5.41) is 0. The highest BCUT2D eigenvalue weighted by Gasteiger charge is 2.47. The third kappa shape index (κ3) is 1.89. The lowest BCUT2D eigenvalue weighted by Crippen LogP contribution is -2.37. The van der Waals surface area contributed by atoms with Gasteiger partial charge in [-0.1, -0.05) is 13.3 Å². The van der Waals surface area contributed by atoms with Crippen molar-refractivity contribution in [3.63, 3.8) is 0 Å². The molecular weight excluding hydrogens is 164 g/mol. The van der Waals surface area contributed by atoms with E-state index in [1.165, 1.54) is 12.8 Å². The SMILES string of the molecule is C[C@@H]1CCC[C@@]2(C1)OCC(C)(C)O2. The highest BCUT2D eigenvalue weighted by atomic mass is 16.8. The molecule has 0 unspecified atom stereocenters. The van der Waals surface area contributed by atoms with E-state index in [9.17, 15) is 0 Å². The zero-order valence-corrected chi connectivity index (χ0v) is 8.93. The minimum Gasteiger partial charge on any atom is -0.347 e. The maximum atomic E-state index is 6.03. The fourth-order valence-corrected chi connectivity index (χ4v) is 2.55. The topological polar surface area (TPSA) is 18.5 Å². The van der Waals surface area contributed by atoms with E-state index in [4.69, 9.17) is 9.47 Å². The first kappa shape index (κ1) is 9.47. The van der Waals surface area contributed by atoms with Crippen LogP contribution in [0.5, 0.6) is 0 Å². The van der Waals surface area contributed by atoms with Gasteiger partial charge in [0.15, 0.2) is 5.79 Å². The molecule has 0 aromatic carbocycles. The van der Waals surface area contributed by atoms with E-state index in [1.807, 2.05) is 0 Å². The Morgan fingerprint density at radius 2 is 2.08 bits per heavy atom. The molecule has 0 aromatic heterocycles. The average Bonchev–Trinajstić information content (AvgIpc) is 2.26. The predicted octanol–water partition coefficient (Wildman–Crippen LogP) is 2.72. The van der Waals surface area contributed by atoms with Crippen LogP contribution in [-0.2, 0) is 9.47 Å². The van der Waals surface area contributed by atoms with E-state index in [0.29, 0.717) is 0 Å². The molecule has 1 saturated heterocycles. The first-order valence-corrected chi connectivity index (χ1v) is 5.36. The van der Waals surface area contributed by atoms with E-state index >= 15 is 0 Å². The molecule has 2 atom stereocenters. The Morgan fingerprint density at radius 1 is 1.31 bits per heavy atom. The molecule has 2 aliphatic rings. The molecule has 0 aromatic rings. The molecule has 1 heterocycles. The van der Waals surface area contributed by atoms with Gasteiger partial charge >= 0.3 is 0 Å². The smallest absolute Gasteiger partial charge is 0.169 e. The third-order valence-electron chi connectivity index (χ3n) is 3.06. The van der Waals surface area contributed by atoms with Gasteiger partial charge in [0.2, 0.25) is 0 Å². The summed E-state index contributed by atoms with van der Waals surface area (Å²) in [6.07, 6.45) is 4.74. The van der Waals surface area contributed by atoms with Crippen LogP contribution in [0.15, 0.2) is 0 Å². The van der Waals surface area contributed by atoms with Crippen molar-refractivity contribution in [3.8, 4) is 0 Å². The molecule has 1 aliphatic carbocycles. The molecule has 13 heavy (non-hydrogen) atoms. The normalized spacial score (nSPS) is 44.1. The van der Waals surface area contributed by atoms with E-state index in [0.717, 1.165) is 25.4 Å². The summed E-state index contributed by atoms with van der Waals surface area (Å²) in [6, 6.07) is 0. The van der Waals surface area contributed by atoms with E-state index in [2.05, 4.69) is 20.8 Å². The standard InChI is InChI=1S/C11H20O2/c1-9-5-4-6-11(7-9)12-8-10(2,3)13-11/h9H,4-8H2,1-3H3/t9-,11-/m1/s1. The van der Waals surface area contributed by atoms with Crippen molar-refractivity contribution in [1.29, 1.82) is 0 Å².